The Hall–Kier alpha value is -3.95. The fraction of sp³-hybridized carbons (Fsp3) is 0.318. The second-order valence-corrected chi connectivity index (χ2v) is 7.25. The van der Waals surface area contributed by atoms with E-state index >= 15 is 0 Å². The van der Waals surface area contributed by atoms with Gasteiger partial charge in [0.05, 0.1) is 31.1 Å². The molecule has 3 rings (SSSR count). The fourth-order valence-corrected chi connectivity index (χ4v) is 3.55. The zero-order chi connectivity index (χ0) is 23.6. The van der Waals surface area contributed by atoms with Crippen LogP contribution in [0.2, 0.25) is 0 Å². The number of rotatable bonds is 5. The number of carbonyl (C=O) groups excluding carboxylic acids is 3. The van der Waals surface area contributed by atoms with Gasteiger partial charge >= 0.3 is 17.9 Å². The molecule has 0 fully saturated rings. The van der Waals surface area contributed by atoms with Gasteiger partial charge in [0.2, 0.25) is 0 Å². The molecule has 0 saturated carbocycles. The third kappa shape index (κ3) is 4.25. The number of aryl methyl sites for hydroxylation is 1. The van der Waals surface area contributed by atoms with Crippen LogP contribution in [0.25, 0.3) is 5.65 Å². The smallest absolute Gasteiger partial charge is 0.336 e. The molecule has 2 aromatic rings. The van der Waals surface area contributed by atoms with Crippen molar-refractivity contribution in [2.45, 2.75) is 27.4 Å². The Morgan fingerprint density at radius 2 is 1.62 bits per heavy atom. The summed E-state index contributed by atoms with van der Waals surface area (Å²) in [6.07, 6.45) is 1.65. The van der Waals surface area contributed by atoms with Gasteiger partial charge in [0, 0.05) is 23.7 Å². The highest BCUT2D eigenvalue weighted by Crippen LogP contribution is 2.32. The molecule has 1 aliphatic heterocycles. The highest BCUT2D eigenvalue weighted by molar-refractivity contribution is 6.05. The number of ether oxygens (including phenoxy) is 3. The number of dihydropyridines is 1. The van der Waals surface area contributed by atoms with Gasteiger partial charge in [-0.05, 0) is 32.4 Å². The lowest BCUT2D eigenvalue weighted by Gasteiger charge is -2.28. The molecule has 1 N–H and O–H groups in total. The van der Waals surface area contributed by atoms with Gasteiger partial charge in [-0.25, -0.2) is 14.6 Å². The van der Waals surface area contributed by atoms with Crippen LogP contribution >= 0.6 is 0 Å². The van der Waals surface area contributed by atoms with E-state index in [4.69, 9.17) is 14.2 Å². The van der Waals surface area contributed by atoms with Crippen molar-refractivity contribution in [3.8, 4) is 0 Å². The van der Waals surface area contributed by atoms with Crippen LogP contribution < -0.4 is 10.9 Å². The minimum absolute atomic E-state index is 0.0643. The van der Waals surface area contributed by atoms with Gasteiger partial charge in [-0.15, -0.1) is 0 Å². The monoisotopic (exact) mass is 441 g/mol. The van der Waals surface area contributed by atoms with Crippen LogP contribution in [0.15, 0.2) is 51.7 Å². The van der Waals surface area contributed by atoms with Crippen molar-refractivity contribution >= 4 is 23.6 Å². The van der Waals surface area contributed by atoms with Crippen LogP contribution in [0.1, 0.15) is 25.1 Å². The number of methoxy groups -OCH3 is 2. The third-order valence-corrected chi connectivity index (χ3v) is 5.03. The molecule has 0 aliphatic carbocycles. The van der Waals surface area contributed by atoms with E-state index in [0.717, 1.165) is 5.56 Å². The van der Waals surface area contributed by atoms with Crippen molar-refractivity contribution in [1.29, 1.82) is 0 Å². The highest BCUT2D eigenvalue weighted by Gasteiger charge is 2.42. The molecule has 0 aromatic carbocycles. The first-order valence-electron chi connectivity index (χ1n) is 9.68. The molecule has 0 amide bonds. The summed E-state index contributed by atoms with van der Waals surface area (Å²) in [5, 5.41) is 2.89. The molecule has 32 heavy (non-hydrogen) atoms. The summed E-state index contributed by atoms with van der Waals surface area (Å²) in [4.78, 5) is 54.6. The topological polar surface area (TPSA) is 125 Å². The summed E-state index contributed by atoms with van der Waals surface area (Å²) < 4.78 is 16.4. The van der Waals surface area contributed by atoms with Gasteiger partial charge in [0.25, 0.3) is 5.56 Å². The van der Waals surface area contributed by atoms with Crippen molar-refractivity contribution in [3.05, 3.63) is 68.5 Å². The molecule has 168 valence electrons. The lowest BCUT2D eigenvalue weighted by atomic mass is 9.85. The van der Waals surface area contributed by atoms with E-state index in [2.05, 4.69) is 10.3 Å². The number of nitrogens with one attached hydrogen (secondary N) is 1. The van der Waals surface area contributed by atoms with E-state index in [9.17, 15) is 19.2 Å². The Morgan fingerprint density at radius 1 is 1.03 bits per heavy atom. The average molecular weight is 441 g/mol. The van der Waals surface area contributed by atoms with Crippen LogP contribution in [-0.4, -0.2) is 41.5 Å². The molecular formula is C22H23N3O7. The summed E-state index contributed by atoms with van der Waals surface area (Å²) in [5.41, 5.74) is 1.75. The van der Waals surface area contributed by atoms with Crippen LogP contribution in [-0.2, 0) is 35.2 Å². The quantitative estimate of drug-likeness (QED) is 0.537. The van der Waals surface area contributed by atoms with E-state index in [0.29, 0.717) is 17.0 Å². The maximum atomic E-state index is 13.1. The lowest BCUT2D eigenvalue weighted by Crippen LogP contribution is -2.38. The summed E-state index contributed by atoms with van der Waals surface area (Å²) in [7, 11) is 2.34. The molecular weight excluding hydrogens is 418 g/mol. The first-order chi connectivity index (χ1) is 15.2. The Kier molecular flexibility index (Phi) is 6.42. The zero-order valence-electron chi connectivity index (χ0n) is 18.3. The predicted molar refractivity (Wildman–Crippen MR) is 112 cm³/mol. The molecule has 0 atom stereocenters. The Morgan fingerprint density at radius 3 is 2.19 bits per heavy atom. The standard InChI is InChI=1S/C22H23N3O7/c1-11-6-7-15-24-14(8-16(26)25(15)9-11)10-32-22(29)19-17(20(27)30-4)12(2)23-13(3)18(19)21(28)31-5/h6-9,19,23H,10H2,1-5H3. The predicted octanol–water partition coefficient (Wildman–Crippen LogP) is 1.16. The van der Waals surface area contributed by atoms with Crippen molar-refractivity contribution in [3.63, 3.8) is 0 Å². The van der Waals surface area contributed by atoms with E-state index < -0.39 is 23.8 Å². The molecule has 0 unspecified atom stereocenters. The molecule has 0 spiro atoms. The number of aromatic nitrogens is 2. The molecule has 0 bridgehead atoms. The van der Waals surface area contributed by atoms with Crippen molar-refractivity contribution in [2.24, 2.45) is 5.92 Å². The van der Waals surface area contributed by atoms with E-state index in [1.165, 1.54) is 24.7 Å². The van der Waals surface area contributed by atoms with Crippen LogP contribution in [0, 0.1) is 12.8 Å². The molecule has 2 aromatic heterocycles. The van der Waals surface area contributed by atoms with Crippen molar-refractivity contribution in [2.75, 3.05) is 14.2 Å². The number of hydrogen-bond acceptors (Lipinski definition) is 9. The number of pyridine rings is 1. The Balaban J connectivity index is 1.94. The fourth-order valence-electron chi connectivity index (χ4n) is 3.55. The number of esters is 3. The molecule has 0 radical (unpaired) electrons. The summed E-state index contributed by atoms with van der Waals surface area (Å²) in [6.45, 7) is 4.68. The normalized spacial score (nSPS) is 14.3. The van der Waals surface area contributed by atoms with Gasteiger partial charge in [-0.1, -0.05) is 6.07 Å². The Labute approximate surface area is 183 Å². The highest BCUT2D eigenvalue weighted by atomic mass is 16.5. The molecule has 0 saturated heterocycles. The van der Waals surface area contributed by atoms with Gasteiger partial charge in [-0.2, -0.15) is 0 Å². The summed E-state index contributed by atoms with van der Waals surface area (Å²) in [6, 6.07) is 4.74. The number of hydrogen-bond donors (Lipinski definition) is 1. The average Bonchev–Trinajstić information content (AvgIpc) is 2.76. The second kappa shape index (κ2) is 9.04. The largest absolute Gasteiger partial charge is 0.466 e. The van der Waals surface area contributed by atoms with Gasteiger partial charge in [0.15, 0.2) is 0 Å². The maximum absolute atomic E-state index is 13.1. The van der Waals surface area contributed by atoms with Crippen LogP contribution in [0.5, 0.6) is 0 Å². The summed E-state index contributed by atoms with van der Waals surface area (Å²) in [5.74, 6) is -3.82. The second-order valence-electron chi connectivity index (χ2n) is 7.25. The molecule has 1 aliphatic rings. The first kappa shape index (κ1) is 22.7. The van der Waals surface area contributed by atoms with Gasteiger partial charge in [0.1, 0.15) is 18.2 Å². The maximum Gasteiger partial charge on any atom is 0.336 e. The first-order valence-corrected chi connectivity index (χ1v) is 9.68. The minimum Gasteiger partial charge on any atom is -0.466 e. The third-order valence-electron chi connectivity index (χ3n) is 5.03. The lowest BCUT2D eigenvalue weighted by molar-refractivity contribution is -0.152. The Bertz CT molecular complexity index is 1200. The molecule has 10 heteroatoms. The van der Waals surface area contributed by atoms with E-state index in [1.54, 1.807) is 32.2 Å². The van der Waals surface area contributed by atoms with E-state index in [1.807, 2.05) is 6.92 Å². The van der Waals surface area contributed by atoms with Crippen LogP contribution in [0.4, 0.5) is 0 Å². The summed E-state index contributed by atoms with van der Waals surface area (Å²) >= 11 is 0. The van der Waals surface area contributed by atoms with Crippen molar-refractivity contribution in [1.82, 2.24) is 14.7 Å². The minimum atomic E-state index is -1.36. The number of nitrogens with zero attached hydrogens (tertiary/aromatic N) is 2. The van der Waals surface area contributed by atoms with Gasteiger partial charge < -0.3 is 19.5 Å². The van der Waals surface area contributed by atoms with Gasteiger partial charge in [-0.3, -0.25) is 14.0 Å². The molecule has 10 nitrogen and oxygen atoms in total. The number of fused-ring (bicyclic) bond motifs is 1. The van der Waals surface area contributed by atoms with Crippen LogP contribution in [0.3, 0.4) is 0 Å². The number of carbonyl (C=O) groups is 3. The van der Waals surface area contributed by atoms with E-state index in [-0.39, 0.29) is 29.0 Å². The SMILES string of the molecule is COC(=O)C1=C(C)NC(C)=C(C(=O)OC)C1C(=O)OCc1cc(=O)n2cc(C)ccc2n1. The zero-order valence-corrected chi connectivity index (χ0v) is 18.3. The molecule has 3 heterocycles. The number of allylic oxidation sites excluding steroid dienone is 2. The van der Waals surface area contributed by atoms with Crippen molar-refractivity contribution < 1.29 is 28.6 Å².